The Labute approximate surface area is 119 Å². The van der Waals surface area contributed by atoms with Gasteiger partial charge < -0.3 is 16.0 Å². The number of piperidine rings is 1. The van der Waals surface area contributed by atoms with Gasteiger partial charge in [0.25, 0.3) is 0 Å². The number of nitrogens with two attached hydrogens (primary N) is 1. The highest BCUT2D eigenvalue weighted by atomic mass is 16.1. The third-order valence-electron chi connectivity index (χ3n) is 3.59. The molecule has 1 fully saturated rings. The summed E-state index contributed by atoms with van der Waals surface area (Å²) in [6, 6.07) is 0. The zero-order chi connectivity index (χ0) is 14.5. The van der Waals surface area contributed by atoms with Crippen molar-refractivity contribution in [3.63, 3.8) is 0 Å². The molecule has 6 heteroatoms. The normalized spacial score (nSPS) is 18.9. The summed E-state index contributed by atoms with van der Waals surface area (Å²) in [7, 11) is 0. The molecule has 0 bridgehead atoms. The fraction of sp³-hybridized carbons (Fsp3) is 0.643. The molecule has 2 rings (SSSR count). The van der Waals surface area contributed by atoms with Gasteiger partial charge in [-0.05, 0) is 26.7 Å². The molecule has 1 unspecified atom stereocenters. The Kier molecular flexibility index (Phi) is 4.89. The van der Waals surface area contributed by atoms with Gasteiger partial charge in [-0.15, -0.1) is 0 Å². The second kappa shape index (κ2) is 6.65. The minimum absolute atomic E-state index is 0.0111. The average Bonchev–Trinajstić information content (AvgIpc) is 2.47. The van der Waals surface area contributed by atoms with Crippen molar-refractivity contribution in [1.82, 2.24) is 15.3 Å². The Morgan fingerprint density at radius 1 is 1.55 bits per heavy atom. The Bertz CT molecular complexity index is 477. The first-order chi connectivity index (χ1) is 9.61. The highest BCUT2D eigenvalue weighted by molar-refractivity contribution is 5.79. The molecule has 1 aliphatic heterocycles. The number of aromatic nitrogens is 2. The van der Waals surface area contributed by atoms with E-state index in [0.717, 1.165) is 36.6 Å². The molecule has 6 nitrogen and oxygen atoms in total. The molecule has 3 N–H and O–H groups in total. The highest BCUT2D eigenvalue weighted by Gasteiger charge is 2.27. The van der Waals surface area contributed by atoms with Crippen molar-refractivity contribution in [2.45, 2.75) is 26.7 Å². The number of carbonyl (C=O) groups is 1. The van der Waals surface area contributed by atoms with Crippen LogP contribution in [0.1, 0.15) is 24.2 Å². The van der Waals surface area contributed by atoms with E-state index in [9.17, 15) is 4.79 Å². The van der Waals surface area contributed by atoms with Crippen LogP contribution in [0.4, 0.5) is 5.82 Å². The van der Waals surface area contributed by atoms with Crippen LogP contribution in [0.3, 0.4) is 0 Å². The van der Waals surface area contributed by atoms with Crippen LogP contribution in [0, 0.1) is 19.8 Å². The molecule has 0 aliphatic carbocycles. The largest absolute Gasteiger partial charge is 0.355 e. The van der Waals surface area contributed by atoms with E-state index in [-0.39, 0.29) is 11.8 Å². The molecule has 1 amide bonds. The summed E-state index contributed by atoms with van der Waals surface area (Å²) < 4.78 is 0. The highest BCUT2D eigenvalue weighted by Crippen LogP contribution is 2.23. The van der Waals surface area contributed by atoms with E-state index in [1.54, 1.807) is 6.20 Å². The Hall–Kier alpha value is -1.69. The number of rotatable bonds is 4. The van der Waals surface area contributed by atoms with Crippen molar-refractivity contribution in [1.29, 1.82) is 0 Å². The lowest BCUT2D eigenvalue weighted by atomic mass is 9.97. The van der Waals surface area contributed by atoms with Crippen molar-refractivity contribution in [2.24, 2.45) is 11.7 Å². The molecular weight excluding hydrogens is 254 g/mol. The molecule has 0 spiro atoms. The summed E-state index contributed by atoms with van der Waals surface area (Å²) in [6.07, 6.45) is 3.69. The number of amides is 1. The maximum Gasteiger partial charge on any atom is 0.224 e. The zero-order valence-corrected chi connectivity index (χ0v) is 12.2. The first kappa shape index (κ1) is 14.7. The van der Waals surface area contributed by atoms with E-state index in [4.69, 9.17) is 5.73 Å². The van der Waals surface area contributed by atoms with Gasteiger partial charge in [-0.25, -0.2) is 4.98 Å². The molecule has 1 saturated heterocycles. The van der Waals surface area contributed by atoms with Crippen LogP contribution >= 0.6 is 0 Å². The van der Waals surface area contributed by atoms with Crippen LogP contribution in [0.25, 0.3) is 0 Å². The van der Waals surface area contributed by atoms with Gasteiger partial charge in [0.05, 0.1) is 17.3 Å². The topological polar surface area (TPSA) is 84.1 Å². The number of carbonyl (C=O) groups excluding carboxylic acids is 1. The van der Waals surface area contributed by atoms with Crippen LogP contribution in [0.2, 0.25) is 0 Å². The Morgan fingerprint density at radius 2 is 2.35 bits per heavy atom. The van der Waals surface area contributed by atoms with E-state index in [2.05, 4.69) is 20.2 Å². The first-order valence-corrected chi connectivity index (χ1v) is 7.14. The summed E-state index contributed by atoms with van der Waals surface area (Å²) in [5, 5.41) is 2.87. The number of aryl methyl sites for hydroxylation is 2. The Morgan fingerprint density at radius 3 is 3.10 bits per heavy atom. The lowest BCUT2D eigenvalue weighted by molar-refractivity contribution is -0.125. The lowest BCUT2D eigenvalue weighted by Gasteiger charge is -2.33. The molecule has 2 heterocycles. The van der Waals surface area contributed by atoms with Gasteiger partial charge in [-0.2, -0.15) is 0 Å². The number of hydrogen-bond acceptors (Lipinski definition) is 5. The van der Waals surface area contributed by atoms with Gasteiger partial charge in [0, 0.05) is 32.4 Å². The molecule has 1 atom stereocenters. The number of nitrogens with zero attached hydrogens (tertiary/aromatic N) is 3. The van der Waals surface area contributed by atoms with Crippen LogP contribution in [-0.2, 0) is 4.79 Å². The predicted octanol–water partition coefficient (Wildman–Crippen LogP) is 0.385. The van der Waals surface area contributed by atoms with Crippen molar-refractivity contribution >= 4 is 11.7 Å². The van der Waals surface area contributed by atoms with Crippen molar-refractivity contribution < 1.29 is 4.79 Å². The minimum atomic E-state index is 0.0111. The van der Waals surface area contributed by atoms with Gasteiger partial charge in [0.15, 0.2) is 0 Å². The van der Waals surface area contributed by atoms with Crippen molar-refractivity contribution in [3.8, 4) is 0 Å². The molecule has 110 valence electrons. The van der Waals surface area contributed by atoms with Gasteiger partial charge in [-0.3, -0.25) is 9.78 Å². The van der Waals surface area contributed by atoms with Gasteiger partial charge >= 0.3 is 0 Å². The fourth-order valence-electron chi connectivity index (χ4n) is 2.55. The molecule has 1 aliphatic rings. The van der Waals surface area contributed by atoms with Crippen molar-refractivity contribution in [2.75, 3.05) is 31.1 Å². The molecule has 1 aromatic rings. The predicted molar refractivity (Wildman–Crippen MR) is 78.5 cm³/mol. The summed E-state index contributed by atoms with van der Waals surface area (Å²) in [5.74, 6) is 1.01. The van der Waals surface area contributed by atoms with E-state index in [0.29, 0.717) is 19.6 Å². The first-order valence-electron chi connectivity index (χ1n) is 7.14. The average molecular weight is 277 g/mol. The van der Waals surface area contributed by atoms with Crippen LogP contribution < -0.4 is 16.0 Å². The summed E-state index contributed by atoms with van der Waals surface area (Å²) in [5.41, 5.74) is 7.24. The fourth-order valence-corrected chi connectivity index (χ4v) is 2.55. The molecule has 0 radical (unpaired) electrons. The second-order valence-electron chi connectivity index (χ2n) is 5.29. The smallest absolute Gasteiger partial charge is 0.224 e. The van der Waals surface area contributed by atoms with E-state index < -0.39 is 0 Å². The monoisotopic (exact) mass is 277 g/mol. The zero-order valence-electron chi connectivity index (χ0n) is 12.2. The molecule has 20 heavy (non-hydrogen) atoms. The minimum Gasteiger partial charge on any atom is -0.355 e. The second-order valence-corrected chi connectivity index (χ2v) is 5.29. The molecule has 1 aromatic heterocycles. The molecular formula is C14H23N5O. The third-order valence-corrected chi connectivity index (χ3v) is 3.59. The van der Waals surface area contributed by atoms with Gasteiger partial charge in [-0.1, -0.05) is 0 Å². The summed E-state index contributed by atoms with van der Waals surface area (Å²) in [4.78, 5) is 23.1. The number of nitrogens with one attached hydrogen (secondary N) is 1. The SMILES string of the molecule is Cc1cnc(C)c(N2CCCC(C(=O)NCCN)C2)n1. The van der Waals surface area contributed by atoms with Crippen LogP contribution in [0.5, 0.6) is 0 Å². The standard InChI is InChI=1S/C14H23N5O/c1-10-8-17-11(2)13(18-10)19-7-3-4-12(9-19)14(20)16-6-5-15/h8,12H,3-7,9,15H2,1-2H3,(H,16,20). The third kappa shape index (κ3) is 3.45. The maximum absolute atomic E-state index is 12.1. The quantitative estimate of drug-likeness (QED) is 0.831. The lowest BCUT2D eigenvalue weighted by Crippen LogP contribution is -2.44. The maximum atomic E-state index is 12.1. The number of hydrogen-bond donors (Lipinski definition) is 2. The van der Waals surface area contributed by atoms with Gasteiger partial charge in [0.2, 0.25) is 5.91 Å². The Balaban J connectivity index is 2.06. The summed E-state index contributed by atoms with van der Waals surface area (Å²) in [6.45, 7) is 6.55. The van der Waals surface area contributed by atoms with E-state index in [1.807, 2.05) is 13.8 Å². The van der Waals surface area contributed by atoms with E-state index >= 15 is 0 Å². The molecule has 0 saturated carbocycles. The van der Waals surface area contributed by atoms with Crippen molar-refractivity contribution in [3.05, 3.63) is 17.6 Å². The van der Waals surface area contributed by atoms with Crippen LogP contribution in [0.15, 0.2) is 6.20 Å². The van der Waals surface area contributed by atoms with E-state index in [1.165, 1.54) is 0 Å². The molecule has 0 aromatic carbocycles. The number of anilines is 1. The van der Waals surface area contributed by atoms with Crippen LogP contribution in [-0.4, -0.2) is 42.1 Å². The van der Waals surface area contributed by atoms with Gasteiger partial charge in [0.1, 0.15) is 5.82 Å². The summed E-state index contributed by atoms with van der Waals surface area (Å²) >= 11 is 0.